The van der Waals surface area contributed by atoms with Gasteiger partial charge < -0.3 is 16.0 Å². The van der Waals surface area contributed by atoms with Crippen LogP contribution >= 0.6 is 0 Å². The number of rotatable bonds is 7. The molecule has 142 valence electrons. The van der Waals surface area contributed by atoms with Crippen molar-refractivity contribution in [2.45, 2.75) is 64.0 Å². The molecule has 5 nitrogen and oxygen atoms in total. The molecule has 3 amide bonds. The van der Waals surface area contributed by atoms with Gasteiger partial charge in [0.2, 0.25) is 5.91 Å². The van der Waals surface area contributed by atoms with Crippen molar-refractivity contribution >= 4 is 28.4 Å². The molecule has 1 saturated heterocycles. The number of hydrogen-bond donors (Lipinski definition) is 3. The van der Waals surface area contributed by atoms with Crippen molar-refractivity contribution in [3.8, 4) is 0 Å². The maximum atomic E-state index is 12.4. The molecule has 0 spiro atoms. The second-order valence-corrected chi connectivity index (χ2v) is 7.77. The summed E-state index contributed by atoms with van der Waals surface area (Å²) in [6, 6.07) is 10.9. The van der Waals surface area contributed by atoms with E-state index in [2.05, 4.69) is 40.2 Å². The summed E-state index contributed by atoms with van der Waals surface area (Å²) < 4.78 is 0. The first-order valence-electron chi connectivity index (χ1n) is 10.0. The van der Waals surface area contributed by atoms with E-state index in [1.807, 2.05) is 13.0 Å². The van der Waals surface area contributed by atoms with Gasteiger partial charge in [-0.15, -0.1) is 0 Å². The van der Waals surface area contributed by atoms with Crippen molar-refractivity contribution in [2.75, 3.05) is 5.32 Å². The van der Waals surface area contributed by atoms with Gasteiger partial charge in [-0.05, 0) is 55.2 Å². The van der Waals surface area contributed by atoms with Crippen LogP contribution in [0.3, 0.4) is 0 Å². The zero-order valence-electron chi connectivity index (χ0n) is 15.8. The van der Waals surface area contributed by atoms with Gasteiger partial charge in [0, 0.05) is 23.5 Å². The molecule has 4 rings (SSSR count). The molecule has 1 aliphatic carbocycles. The molecule has 1 aliphatic heterocycles. The van der Waals surface area contributed by atoms with Gasteiger partial charge >= 0.3 is 6.03 Å². The Balaban J connectivity index is 1.26. The Morgan fingerprint density at radius 2 is 1.89 bits per heavy atom. The van der Waals surface area contributed by atoms with Crippen LogP contribution < -0.4 is 16.0 Å². The molecule has 0 unspecified atom stereocenters. The Kier molecular flexibility index (Phi) is 5.01. The van der Waals surface area contributed by atoms with Crippen molar-refractivity contribution in [1.29, 1.82) is 0 Å². The lowest BCUT2D eigenvalue weighted by atomic mass is 10.0. The molecule has 0 radical (unpaired) electrons. The van der Waals surface area contributed by atoms with Crippen molar-refractivity contribution in [3.05, 3.63) is 41.5 Å². The molecule has 3 N–H and O–H groups in total. The summed E-state index contributed by atoms with van der Waals surface area (Å²) >= 11 is 0. The summed E-state index contributed by atoms with van der Waals surface area (Å²) in [6.45, 7) is 2.02. The standard InChI is InChI=1S/C22H27N3O2/c1-14-18(25-22(27)23-14)8-3-2-4-9-20(26)24-19-13-12-16-11-10-15-6-5-7-17(19)21(15)16/h5-7,12-14,18H,2-4,8-11H2,1H3,(H,24,26)(H2,23,25,27)/t14-,18-/m1/s1. The van der Waals surface area contributed by atoms with Gasteiger partial charge in [0.25, 0.3) is 0 Å². The summed E-state index contributed by atoms with van der Waals surface area (Å²) in [5.74, 6) is 0.0814. The van der Waals surface area contributed by atoms with E-state index in [-0.39, 0.29) is 24.0 Å². The van der Waals surface area contributed by atoms with Crippen LogP contribution in [-0.4, -0.2) is 24.0 Å². The van der Waals surface area contributed by atoms with Gasteiger partial charge in [0.05, 0.1) is 6.04 Å². The third-order valence-corrected chi connectivity index (χ3v) is 5.85. The molecular formula is C22H27N3O2. The van der Waals surface area contributed by atoms with E-state index in [0.717, 1.165) is 49.6 Å². The quantitative estimate of drug-likeness (QED) is 0.651. The largest absolute Gasteiger partial charge is 0.334 e. The van der Waals surface area contributed by atoms with Crippen LogP contribution in [0.2, 0.25) is 0 Å². The molecule has 0 aromatic heterocycles. The van der Waals surface area contributed by atoms with Crippen LogP contribution in [0.15, 0.2) is 30.3 Å². The van der Waals surface area contributed by atoms with Gasteiger partial charge in [-0.1, -0.05) is 37.1 Å². The third kappa shape index (κ3) is 3.77. The second-order valence-electron chi connectivity index (χ2n) is 7.77. The summed E-state index contributed by atoms with van der Waals surface area (Å²) in [5.41, 5.74) is 3.71. The highest BCUT2D eigenvalue weighted by Gasteiger charge is 2.26. The zero-order valence-corrected chi connectivity index (χ0v) is 15.8. The fraction of sp³-hybridized carbons (Fsp3) is 0.455. The molecule has 0 saturated carbocycles. The van der Waals surface area contributed by atoms with Crippen LogP contribution in [0.25, 0.3) is 10.8 Å². The Morgan fingerprint density at radius 1 is 1.07 bits per heavy atom. The first-order chi connectivity index (χ1) is 13.1. The van der Waals surface area contributed by atoms with Gasteiger partial charge in [0.15, 0.2) is 0 Å². The molecule has 2 atom stereocenters. The minimum absolute atomic E-state index is 0.0720. The van der Waals surface area contributed by atoms with Gasteiger partial charge in [-0.3, -0.25) is 4.79 Å². The molecular weight excluding hydrogens is 338 g/mol. The minimum Gasteiger partial charge on any atom is -0.334 e. The number of unbranched alkanes of at least 4 members (excludes halogenated alkanes) is 2. The van der Waals surface area contributed by atoms with Crippen molar-refractivity contribution in [2.24, 2.45) is 0 Å². The normalized spacial score (nSPS) is 20.6. The fourth-order valence-corrected chi connectivity index (χ4v) is 4.36. The molecule has 5 heteroatoms. The highest BCUT2D eigenvalue weighted by atomic mass is 16.2. The Labute approximate surface area is 159 Å². The average Bonchev–Trinajstić information content (AvgIpc) is 3.21. The molecule has 1 heterocycles. The topological polar surface area (TPSA) is 70.2 Å². The molecule has 2 aromatic rings. The molecule has 1 fully saturated rings. The van der Waals surface area contributed by atoms with Crippen molar-refractivity contribution in [1.82, 2.24) is 10.6 Å². The number of nitrogens with one attached hydrogen (secondary N) is 3. The number of benzene rings is 2. The van der Waals surface area contributed by atoms with Gasteiger partial charge in [-0.25, -0.2) is 4.79 Å². The third-order valence-electron chi connectivity index (χ3n) is 5.85. The van der Waals surface area contributed by atoms with Gasteiger partial charge in [-0.2, -0.15) is 0 Å². The maximum Gasteiger partial charge on any atom is 0.315 e. The first-order valence-corrected chi connectivity index (χ1v) is 10.0. The SMILES string of the molecule is C[C@H]1NC(=O)N[C@@H]1CCCCCC(=O)Nc1ccc2c3c(cccc13)CC2. The number of aryl methyl sites for hydroxylation is 2. The summed E-state index contributed by atoms with van der Waals surface area (Å²) in [7, 11) is 0. The van der Waals surface area contributed by atoms with Crippen LogP contribution in [0, 0.1) is 0 Å². The van der Waals surface area contributed by atoms with Gasteiger partial charge in [0.1, 0.15) is 0 Å². The summed E-state index contributed by atoms with van der Waals surface area (Å²) in [5, 5.41) is 11.4. The number of amides is 3. The van der Waals surface area contributed by atoms with Crippen molar-refractivity contribution in [3.63, 3.8) is 0 Å². The number of carbonyl (C=O) groups excluding carboxylic acids is 2. The predicted octanol–water partition coefficient (Wildman–Crippen LogP) is 3.90. The second kappa shape index (κ2) is 7.59. The van der Waals surface area contributed by atoms with E-state index in [0.29, 0.717) is 6.42 Å². The van der Waals surface area contributed by atoms with Crippen LogP contribution in [0.5, 0.6) is 0 Å². The smallest absolute Gasteiger partial charge is 0.315 e. The Hall–Kier alpha value is -2.56. The van der Waals surface area contributed by atoms with Crippen LogP contribution in [-0.2, 0) is 17.6 Å². The summed E-state index contributed by atoms with van der Waals surface area (Å²) in [6.07, 6.45) is 6.57. The maximum absolute atomic E-state index is 12.4. The van der Waals surface area contributed by atoms with Crippen LogP contribution in [0.4, 0.5) is 10.5 Å². The molecule has 27 heavy (non-hydrogen) atoms. The molecule has 2 aromatic carbocycles. The highest BCUT2D eigenvalue weighted by molar-refractivity contribution is 6.05. The van der Waals surface area contributed by atoms with Crippen LogP contribution in [0.1, 0.15) is 50.2 Å². The van der Waals surface area contributed by atoms with E-state index in [9.17, 15) is 9.59 Å². The number of anilines is 1. The number of urea groups is 1. The lowest BCUT2D eigenvalue weighted by molar-refractivity contribution is -0.116. The molecule has 2 aliphatic rings. The van der Waals surface area contributed by atoms with E-state index < -0.39 is 0 Å². The average molecular weight is 365 g/mol. The monoisotopic (exact) mass is 365 g/mol. The van der Waals surface area contributed by atoms with E-state index in [1.54, 1.807) is 0 Å². The molecule has 0 bridgehead atoms. The highest BCUT2D eigenvalue weighted by Crippen LogP contribution is 2.35. The lowest BCUT2D eigenvalue weighted by Gasteiger charge is -2.13. The minimum atomic E-state index is -0.0720. The first kappa shape index (κ1) is 17.8. The number of carbonyl (C=O) groups is 2. The van der Waals surface area contributed by atoms with E-state index in [1.165, 1.54) is 16.5 Å². The fourth-order valence-electron chi connectivity index (χ4n) is 4.36. The summed E-state index contributed by atoms with van der Waals surface area (Å²) in [4.78, 5) is 23.7. The Bertz CT molecular complexity index is 867. The van der Waals surface area contributed by atoms with Crippen molar-refractivity contribution < 1.29 is 9.59 Å². The lowest BCUT2D eigenvalue weighted by Crippen LogP contribution is -2.30. The predicted molar refractivity (Wildman–Crippen MR) is 108 cm³/mol. The van der Waals surface area contributed by atoms with E-state index >= 15 is 0 Å². The Morgan fingerprint density at radius 3 is 2.67 bits per heavy atom. The van der Waals surface area contributed by atoms with E-state index in [4.69, 9.17) is 0 Å². The number of hydrogen-bond acceptors (Lipinski definition) is 2. The zero-order chi connectivity index (χ0) is 18.8.